The molecule has 0 N–H and O–H groups in total. The largest absolute Gasteiger partial charge is 0.344 e. The van der Waals surface area contributed by atoms with Crippen LogP contribution in [0, 0.1) is 0 Å². The maximum absolute atomic E-state index is 12.6. The molecule has 22 heavy (non-hydrogen) atoms. The number of carbonyl (C=O) groups excluding carboxylic acids is 2. The van der Waals surface area contributed by atoms with E-state index in [1.807, 2.05) is 36.2 Å². The van der Waals surface area contributed by atoms with Gasteiger partial charge in [0.1, 0.15) is 0 Å². The molecule has 1 unspecified atom stereocenters. The Bertz CT molecular complexity index is 585. The minimum absolute atomic E-state index is 0.00529. The summed E-state index contributed by atoms with van der Waals surface area (Å²) in [6, 6.07) is 7.51. The number of benzene rings is 1. The molecular formula is C16H20BrN3O2. The number of carbonyl (C=O) groups is 2. The second-order valence-corrected chi connectivity index (χ2v) is 6.73. The molecule has 2 saturated heterocycles. The van der Waals surface area contributed by atoms with Gasteiger partial charge in [-0.25, -0.2) is 0 Å². The van der Waals surface area contributed by atoms with Gasteiger partial charge in [-0.2, -0.15) is 0 Å². The van der Waals surface area contributed by atoms with E-state index >= 15 is 0 Å². The van der Waals surface area contributed by atoms with Crippen molar-refractivity contribution in [2.24, 2.45) is 0 Å². The number of rotatable bonds is 2. The van der Waals surface area contributed by atoms with Crippen LogP contribution in [0.25, 0.3) is 0 Å². The van der Waals surface area contributed by atoms with Crippen molar-refractivity contribution in [1.29, 1.82) is 0 Å². The second-order valence-electron chi connectivity index (χ2n) is 5.87. The van der Waals surface area contributed by atoms with E-state index in [0.717, 1.165) is 30.5 Å². The molecule has 1 aromatic carbocycles. The predicted molar refractivity (Wildman–Crippen MR) is 87.7 cm³/mol. The van der Waals surface area contributed by atoms with E-state index < -0.39 is 0 Å². The number of piperazine rings is 1. The van der Waals surface area contributed by atoms with E-state index in [2.05, 4.69) is 20.8 Å². The maximum atomic E-state index is 12.6. The third-order valence-electron chi connectivity index (χ3n) is 4.55. The van der Waals surface area contributed by atoms with Gasteiger partial charge in [0, 0.05) is 44.2 Å². The van der Waals surface area contributed by atoms with Crippen LogP contribution in [0.3, 0.4) is 0 Å². The molecule has 0 aliphatic carbocycles. The molecule has 2 fully saturated rings. The summed E-state index contributed by atoms with van der Waals surface area (Å²) >= 11 is 3.44. The lowest BCUT2D eigenvalue weighted by atomic mass is 10.1. The third kappa shape index (κ3) is 2.90. The highest BCUT2D eigenvalue weighted by Crippen LogP contribution is 2.21. The van der Waals surface area contributed by atoms with E-state index in [1.54, 1.807) is 4.90 Å². The van der Waals surface area contributed by atoms with Crippen LogP contribution in [0.4, 0.5) is 0 Å². The summed E-state index contributed by atoms with van der Waals surface area (Å²) < 4.78 is 0.829. The minimum atomic E-state index is 0.00529. The average molecular weight is 366 g/mol. The van der Waals surface area contributed by atoms with Gasteiger partial charge >= 0.3 is 0 Å². The Labute approximate surface area is 139 Å². The normalized spacial score (nSPS) is 23.2. The first-order valence-electron chi connectivity index (χ1n) is 7.61. The molecule has 2 heterocycles. The van der Waals surface area contributed by atoms with E-state index in [1.165, 1.54) is 0 Å². The Morgan fingerprint density at radius 2 is 1.82 bits per heavy atom. The van der Waals surface area contributed by atoms with Crippen LogP contribution in [-0.2, 0) is 4.79 Å². The number of amides is 2. The molecule has 3 rings (SSSR count). The Hall–Kier alpha value is -1.40. The monoisotopic (exact) mass is 365 g/mol. The summed E-state index contributed by atoms with van der Waals surface area (Å²) in [5.41, 5.74) is 0.702. The molecule has 1 atom stereocenters. The summed E-state index contributed by atoms with van der Waals surface area (Å²) in [7, 11) is 1.86. The van der Waals surface area contributed by atoms with Crippen LogP contribution in [0.2, 0.25) is 0 Å². The van der Waals surface area contributed by atoms with Crippen molar-refractivity contribution in [1.82, 2.24) is 14.7 Å². The molecule has 0 radical (unpaired) electrons. The van der Waals surface area contributed by atoms with Crippen molar-refractivity contribution >= 4 is 27.7 Å². The van der Waals surface area contributed by atoms with Crippen molar-refractivity contribution < 1.29 is 9.59 Å². The molecule has 1 aromatic rings. The zero-order chi connectivity index (χ0) is 15.7. The molecule has 2 aliphatic heterocycles. The van der Waals surface area contributed by atoms with Crippen LogP contribution in [0.15, 0.2) is 28.7 Å². The van der Waals surface area contributed by atoms with Gasteiger partial charge in [-0.3, -0.25) is 14.5 Å². The highest BCUT2D eigenvalue weighted by Gasteiger charge is 2.36. The van der Waals surface area contributed by atoms with Crippen molar-refractivity contribution in [2.45, 2.75) is 12.5 Å². The zero-order valence-electron chi connectivity index (χ0n) is 12.7. The zero-order valence-corrected chi connectivity index (χ0v) is 14.3. The van der Waals surface area contributed by atoms with Gasteiger partial charge in [0.05, 0.1) is 11.6 Å². The quantitative estimate of drug-likeness (QED) is 0.796. The first-order valence-corrected chi connectivity index (χ1v) is 8.40. The number of likely N-dealkylation sites (tertiary alicyclic amines) is 1. The highest BCUT2D eigenvalue weighted by molar-refractivity contribution is 9.10. The van der Waals surface area contributed by atoms with Crippen LogP contribution in [0.1, 0.15) is 16.8 Å². The fourth-order valence-corrected chi connectivity index (χ4v) is 3.64. The summed E-state index contributed by atoms with van der Waals surface area (Å²) in [5.74, 6) is 0.271. The standard InChI is InChI=1S/C16H20BrN3O2/c1-18-7-6-14(16(18)22)19-8-10-20(11-9-19)15(21)12-4-2-3-5-13(12)17/h2-5,14H,6-11H2,1H3. The molecule has 0 spiro atoms. The third-order valence-corrected chi connectivity index (χ3v) is 5.24. The lowest BCUT2D eigenvalue weighted by Crippen LogP contribution is -2.53. The summed E-state index contributed by atoms with van der Waals surface area (Å²) in [6.45, 7) is 3.71. The molecule has 118 valence electrons. The Morgan fingerprint density at radius 1 is 1.14 bits per heavy atom. The number of nitrogens with zero attached hydrogens (tertiary/aromatic N) is 3. The Morgan fingerprint density at radius 3 is 2.41 bits per heavy atom. The Kier molecular flexibility index (Phi) is 4.49. The van der Waals surface area contributed by atoms with Gasteiger partial charge in [0.15, 0.2) is 0 Å². The van der Waals surface area contributed by atoms with Crippen molar-refractivity contribution in [2.75, 3.05) is 39.8 Å². The average Bonchev–Trinajstić information content (AvgIpc) is 2.87. The second kappa shape index (κ2) is 6.38. The first-order chi connectivity index (χ1) is 10.6. The maximum Gasteiger partial charge on any atom is 0.255 e. The van der Waals surface area contributed by atoms with E-state index in [9.17, 15) is 9.59 Å². The number of likely N-dealkylation sites (N-methyl/N-ethyl adjacent to an activating group) is 1. The Balaban J connectivity index is 1.61. The van der Waals surface area contributed by atoms with Crippen LogP contribution in [-0.4, -0.2) is 72.3 Å². The van der Waals surface area contributed by atoms with Gasteiger partial charge in [-0.15, -0.1) is 0 Å². The molecule has 0 saturated carbocycles. The SMILES string of the molecule is CN1CCC(N2CCN(C(=O)c3ccccc3Br)CC2)C1=O. The smallest absolute Gasteiger partial charge is 0.255 e. The molecule has 5 nitrogen and oxygen atoms in total. The minimum Gasteiger partial charge on any atom is -0.344 e. The first kappa shape index (κ1) is 15.5. The van der Waals surface area contributed by atoms with Crippen LogP contribution < -0.4 is 0 Å². The van der Waals surface area contributed by atoms with Crippen molar-refractivity contribution in [3.8, 4) is 0 Å². The summed E-state index contributed by atoms with van der Waals surface area (Å²) in [6.07, 6.45) is 0.896. The van der Waals surface area contributed by atoms with E-state index in [-0.39, 0.29) is 17.9 Å². The lowest BCUT2D eigenvalue weighted by Gasteiger charge is -2.37. The molecule has 0 bridgehead atoms. The van der Waals surface area contributed by atoms with Crippen LogP contribution >= 0.6 is 15.9 Å². The number of hydrogen-bond acceptors (Lipinski definition) is 3. The fraction of sp³-hybridized carbons (Fsp3) is 0.500. The van der Waals surface area contributed by atoms with Crippen molar-refractivity contribution in [3.05, 3.63) is 34.3 Å². The van der Waals surface area contributed by atoms with Crippen LogP contribution in [0.5, 0.6) is 0 Å². The van der Waals surface area contributed by atoms with Gasteiger partial charge in [-0.05, 0) is 34.5 Å². The van der Waals surface area contributed by atoms with E-state index in [0.29, 0.717) is 18.7 Å². The fourth-order valence-electron chi connectivity index (χ4n) is 3.18. The number of halogens is 1. The predicted octanol–water partition coefficient (Wildman–Crippen LogP) is 1.44. The highest BCUT2D eigenvalue weighted by atomic mass is 79.9. The van der Waals surface area contributed by atoms with Gasteiger partial charge < -0.3 is 9.80 Å². The molecule has 0 aromatic heterocycles. The number of hydrogen-bond donors (Lipinski definition) is 0. The molecule has 6 heteroatoms. The van der Waals surface area contributed by atoms with Gasteiger partial charge in [-0.1, -0.05) is 12.1 Å². The topological polar surface area (TPSA) is 43.9 Å². The van der Waals surface area contributed by atoms with E-state index in [4.69, 9.17) is 0 Å². The summed E-state index contributed by atoms with van der Waals surface area (Å²) in [4.78, 5) is 30.5. The molecular weight excluding hydrogens is 346 g/mol. The molecule has 2 aliphatic rings. The van der Waals surface area contributed by atoms with Gasteiger partial charge in [0.2, 0.25) is 5.91 Å². The molecule has 2 amide bonds. The van der Waals surface area contributed by atoms with Gasteiger partial charge in [0.25, 0.3) is 5.91 Å². The lowest BCUT2D eigenvalue weighted by molar-refractivity contribution is -0.131. The van der Waals surface area contributed by atoms with Crippen molar-refractivity contribution in [3.63, 3.8) is 0 Å². The summed E-state index contributed by atoms with van der Waals surface area (Å²) in [5, 5.41) is 0.